The van der Waals surface area contributed by atoms with Gasteiger partial charge in [0.2, 0.25) is 0 Å². The van der Waals surface area contributed by atoms with Gasteiger partial charge in [0.15, 0.2) is 0 Å². The Kier molecular flexibility index (Phi) is 3.67. The lowest BCUT2D eigenvalue weighted by Crippen LogP contribution is -2.39. The number of aryl methyl sites for hydroxylation is 1. The van der Waals surface area contributed by atoms with Crippen molar-refractivity contribution in [2.45, 2.75) is 44.6 Å². The number of hydrogen-bond donors (Lipinski definition) is 2. The predicted octanol–water partition coefficient (Wildman–Crippen LogP) is 3.24. The molecule has 1 aromatic rings. The van der Waals surface area contributed by atoms with Crippen LogP contribution in [0.5, 0.6) is 0 Å². The lowest BCUT2D eigenvalue weighted by atomic mass is 9.85. The topological polar surface area (TPSA) is 32.3 Å². The zero-order valence-electron chi connectivity index (χ0n) is 10.3. The van der Waals surface area contributed by atoms with E-state index in [4.69, 9.17) is 0 Å². The lowest BCUT2D eigenvalue weighted by molar-refractivity contribution is 0.0167. The largest absolute Gasteiger partial charge is 0.388 e. The van der Waals surface area contributed by atoms with E-state index in [1.54, 1.807) is 6.07 Å². The number of para-hydroxylation sites is 1. The second-order valence-corrected chi connectivity index (χ2v) is 5.07. The summed E-state index contributed by atoms with van der Waals surface area (Å²) in [6.45, 7) is 2.31. The Bertz CT molecular complexity index is 366. The highest BCUT2D eigenvalue weighted by molar-refractivity contribution is 5.51. The van der Waals surface area contributed by atoms with Crippen LogP contribution in [-0.2, 0) is 0 Å². The Morgan fingerprint density at radius 2 is 2.00 bits per heavy atom. The van der Waals surface area contributed by atoms with Crippen LogP contribution in [0.2, 0.25) is 0 Å². The molecule has 2 N–H and O–H groups in total. The Morgan fingerprint density at radius 3 is 2.65 bits per heavy atom. The molecule has 2 rings (SSSR count). The summed E-state index contributed by atoms with van der Waals surface area (Å²) < 4.78 is 13.6. The second-order valence-electron chi connectivity index (χ2n) is 5.07. The third-order valence-corrected chi connectivity index (χ3v) is 3.60. The third kappa shape index (κ3) is 2.97. The molecular weight excluding hydrogens is 217 g/mol. The van der Waals surface area contributed by atoms with Gasteiger partial charge in [-0.1, -0.05) is 31.4 Å². The van der Waals surface area contributed by atoms with Crippen molar-refractivity contribution < 1.29 is 9.50 Å². The smallest absolute Gasteiger partial charge is 0.146 e. The van der Waals surface area contributed by atoms with E-state index < -0.39 is 5.60 Å². The zero-order valence-corrected chi connectivity index (χ0v) is 10.3. The summed E-state index contributed by atoms with van der Waals surface area (Å²) in [7, 11) is 0. The molecule has 0 atom stereocenters. The normalized spacial score (nSPS) is 19.0. The summed E-state index contributed by atoms with van der Waals surface area (Å²) in [5.74, 6) is -0.246. The van der Waals surface area contributed by atoms with E-state index in [2.05, 4.69) is 5.32 Å². The molecule has 1 fully saturated rings. The van der Waals surface area contributed by atoms with Crippen molar-refractivity contribution in [3.05, 3.63) is 29.6 Å². The molecule has 0 heterocycles. The minimum Gasteiger partial charge on any atom is -0.388 e. The molecule has 1 aromatic carbocycles. The number of nitrogens with one attached hydrogen (secondary N) is 1. The van der Waals surface area contributed by atoms with Gasteiger partial charge in [0.1, 0.15) is 5.82 Å². The molecule has 0 aliphatic heterocycles. The molecule has 0 aromatic heterocycles. The molecular formula is C14H20FNO. The number of anilines is 1. The standard InChI is InChI=1S/C14H20FNO/c1-11-6-5-7-12(15)13(11)16-10-14(17)8-3-2-4-9-14/h5-7,16-17H,2-4,8-10H2,1H3. The van der Waals surface area contributed by atoms with E-state index in [-0.39, 0.29) is 5.82 Å². The van der Waals surface area contributed by atoms with Crippen LogP contribution < -0.4 is 5.32 Å². The molecule has 94 valence electrons. The molecule has 0 amide bonds. The number of aliphatic hydroxyl groups is 1. The number of rotatable bonds is 3. The Morgan fingerprint density at radius 1 is 1.29 bits per heavy atom. The van der Waals surface area contributed by atoms with E-state index in [0.29, 0.717) is 12.2 Å². The SMILES string of the molecule is Cc1cccc(F)c1NCC1(O)CCCCC1. The summed E-state index contributed by atoms with van der Waals surface area (Å²) in [6, 6.07) is 5.02. The lowest BCUT2D eigenvalue weighted by Gasteiger charge is -2.32. The van der Waals surface area contributed by atoms with Crippen molar-refractivity contribution in [1.29, 1.82) is 0 Å². The minimum absolute atomic E-state index is 0.246. The van der Waals surface area contributed by atoms with Gasteiger partial charge >= 0.3 is 0 Å². The van der Waals surface area contributed by atoms with Crippen molar-refractivity contribution in [3.8, 4) is 0 Å². The van der Waals surface area contributed by atoms with Gasteiger partial charge in [-0.3, -0.25) is 0 Å². The van der Waals surface area contributed by atoms with Crippen molar-refractivity contribution >= 4 is 5.69 Å². The number of halogens is 1. The van der Waals surface area contributed by atoms with Crippen molar-refractivity contribution in [3.63, 3.8) is 0 Å². The van der Waals surface area contributed by atoms with Gasteiger partial charge in [-0.2, -0.15) is 0 Å². The van der Waals surface area contributed by atoms with Crippen LogP contribution in [0.15, 0.2) is 18.2 Å². The maximum absolute atomic E-state index is 13.6. The van der Waals surface area contributed by atoms with Gasteiger partial charge in [0.05, 0.1) is 11.3 Å². The maximum atomic E-state index is 13.6. The molecule has 0 radical (unpaired) electrons. The van der Waals surface area contributed by atoms with Gasteiger partial charge in [0.25, 0.3) is 0 Å². The monoisotopic (exact) mass is 237 g/mol. The van der Waals surface area contributed by atoms with Crippen molar-refractivity contribution in [2.75, 3.05) is 11.9 Å². The highest BCUT2D eigenvalue weighted by atomic mass is 19.1. The van der Waals surface area contributed by atoms with Crippen LogP contribution in [0.4, 0.5) is 10.1 Å². The number of benzene rings is 1. The predicted molar refractivity (Wildman–Crippen MR) is 67.7 cm³/mol. The Labute approximate surface area is 102 Å². The summed E-state index contributed by atoms with van der Waals surface area (Å²) in [4.78, 5) is 0. The minimum atomic E-state index is -0.660. The fourth-order valence-electron chi connectivity index (χ4n) is 2.50. The Hall–Kier alpha value is -1.09. The highest BCUT2D eigenvalue weighted by Gasteiger charge is 2.29. The van der Waals surface area contributed by atoms with E-state index in [0.717, 1.165) is 31.2 Å². The summed E-state index contributed by atoms with van der Waals surface area (Å²) in [6.07, 6.45) is 4.95. The van der Waals surface area contributed by atoms with Gasteiger partial charge in [-0.25, -0.2) is 4.39 Å². The molecule has 3 heteroatoms. The van der Waals surface area contributed by atoms with Crippen LogP contribution in [0.1, 0.15) is 37.7 Å². The average molecular weight is 237 g/mol. The second kappa shape index (κ2) is 5.05. The van der Waals surface area contributed by atoms with Crippen LogP contribution in [-0.4, -0.2) is 17.3 Å². The fraction of sp³-hybridized carbons (Fsp3) is 0.571. The number of hydrogen-bond acceptors (Lipinski definition) is 2. The van der Waals surface area contributed by atoms with Crippen LogP contribution in [0.3, 0.4) is 0 Å². The molecule has 2 nitrogen and oxygen atoms in total. The first kappa shape index (κ1) is 12.4. The van der Waals surface area contributed by atoms with E-state index in [9.17, 15) is 9.50 Å². The summed E-state index contributed by atoms with van der Waals surface area (Å²) in [5.41, 5.74) is 0.739. The fourth-order valence-corrected chi connectivity index (χ4v) is 2.50. The highest BCUT2D eigenvalue weighted by Crippen LogP contribution is 2.29. The maximum Gasteiger partial charge on any atom is 0.146 e. The van der Waals surface area contributed by atoms with Crippen LogP contribution in [0, 0.1) is 12.7 Å². The Balaban J connectivity index is 2.02. The molecule has 1 aliphatic carbocycles. The van der Waals surface area contributed by atoms with Crippen molar-refractivity contribution in [1.82, 2.24) is 0 Å². The molecule has 0 unspecified atom stereocenters. The van der Waals surface area contributed by atoms with Crippen LogP contribution >= 0.6 is 0 Å². The molecule has 0 spiro atoms. The summed E-state index contributed by atoms with van der Waals surface area (Å²) >= 11 is 0. The van der Waals surface area contributed by atoms with Crippen LogP contribution in [0.25, 0.3) is 0 Å². The van der Waals surface area contributed by atoms with E-state index in [1.165, 1.54) is 12.5 Å². The van der Waals surface area contributed by atoms with E-state index >= 15 is 0 Å². The van der Waals surface area contributed by atoms with Gasteiger partial charge in [-0.05, 0) is 31.4 Å². The van der Waals surface area contributed by atoms with Crippen molar-refractivity contribution in [2.24, 2.45) is 0 Å². The van der Waals surface area contributed by atoms with E-state index in [1.807, 2.05) is 13.0 Å². The molecule has 0 saturated heterocycles. The quantitative estimate of drug-likeness (QED) is 0.845. The van der Waals surface area contributed by atoms with Gasteiger partial charge in [-0.15, -0.1) is 0 Å². The zero-order chi connectivity index (χ0) is 12.3. The molecule has 17 heavy (non-hydrogen) atoms. The van der Waals surface area contributed by atoms with Gasteiger partial charge < -0.3 is 10.4 Å². The molecule has 0 bridgehead atoms. The first-order chi connectivity index (χ1) is 8.11. The first-order valence-corrected chi connectivity index (χ1v) is 6.32. The molecule has 1 saturated carbocycles. The summed E-state index contributed by atoms with van der Waals surface area (Å²) in [5, 5.41) is 13.4. The van der Waals surface area contributed by atoms with Gasteiger partial charge in [0, 0.05) is 6.54 Å². The third-order valence-electron chi connectivity index (χ3n) is 3.60. The molecule has 1 aliphatic rings. The average Bonchev–Trinajstić information content (AvgIpc) is 2.29. The first-order valence-electron chi connectivity index (χ1n) is 6.32.